The molecule has 1 aromatic carbocycles. The number of nitrogens with zero attached hydrogens (tertiary/aromatic N) is 4. The Morgan fingerprint density at radius 3 is 2.85 bits per heavy atom. The average molecular weight is 562 g/mol. The van der Waals surface area contributed by atoms with Crippen LogP contribution in [0.3, 0.4) is 0 Å². The average Bonchev–Trinajstić information content (AvgIpc) is 2.88. The summed E-state index contributed by atoms with van der Waals surface area (Å²) in [5, 5.41) is 14.3. The Bertz CT molecular complexity index is 1430. The Morgan fingerprint density at radius 2 is 2.13 bits per heavy atom. The Kier molecular flexibility index (Phi) is 7.92. The number of benzene rings is 1. The van der Waals surface area contributed by atoms with Gasteiger partial charge in [0.25, 0.3) is 5.92 Å². The van der Waals surface area contributed by atoms with Gasteiger partial charge in [0.2, 0.25) is 5.95 Å². The van der Waals surface area contributed by atoms with Crippen LogP contribution in [0.25, 0.3) is 22.2 Å². The molecule has 2 aromatic heterocycles. The van der Waals surface area contributed by atoms with Gasteiger partial charge >= 0.3 is 0 Å². The van der Waals surface area contributed by atoms with Crippen LogP contribution in [0.5, 0.6) is 0 Å². The second-order valence-corrected chi connectivity index (χ2v) is 11.2. The second kappa shape index (κ2) is 11.1. The van der Waals surface area contributed by atoms with E-state index in [-0.39, 0.29) is 43.6 Å². The Morgan fingerprint density at radius 1 is 1.33 bits per heavy atom. The number of anilines is 1. The molecule has 0 aliphatic carbocycles. The summed E-state index contributed by atoms with van der Waals surface area (Å²) in [6.45, 7) is 7.10. The van der Waals surface area contributed by atoms with Gasteiger partial charge in [-0.25, -0.2) is 18.7 Å². The van der Waals surface area contributed by atoms with Crippen LogP contribution in [-0.2, 0) is 11.3 Å². The van der Waals surface area contributed by atoms with E-state index in [1.165, 1.54) is 6.20 Å². The van der Waals surface area contributed by atoms with Gasteiger partial charge in [0, 0.05) is 47.8 Å². The minimum atomic E-state index is -2.73. The molecule has 8 nitrogen and oxygen atoms in total. The van der Waals surface area contributed by atoms with E-state index in [9.17, 15) is 18.7 Å². The number of halogens is 3. The van der Waals surface area contributed by atoms with Crippen LogP contribution >= 0.6 is 11.6 Å². The smallest absolute Gasteiger partial charge is 0.260 e. The summed E-state index contributed by atoms with van der Waals surface area (Å²) in [6.07, 6.45) is 1.76. The summed E-state index contributed by atoms with van der Waals surface area (Å²) in [4.78, 5) is 24.1. The van der Waals surface area contributed by atoms with Crippen molar-refractivity contribution in [2.75, 3.05) is 31.6 Å². The summed E-state index contributed by atoms with van der Waals surface area (Å²) in [5.41, 5.74) is 3.07. The maximum Gasteiger partial charge on any atom is 0.260 e. The van der Waals surface area contributed by atoms with Crippen molar-refractivity contribution in [3.05, 3.63) is 50.9 Å². The van der Waals surface area contributed by atoms with Crippen LogP contribution in [0.4, 0.5) is 14.7 Å². The highest BCUT2D eigenvalue weighted by Gasteiger charge is 2.35. The van der Waals surface area contributed by atoms with Gasteiger partial charge in [-0.15, -0.1) is 0 Å². The molecule has 0 bridgehead atoms. The van der Waals surface area contributed by atoms with Crippen LogP contribution in [0.2, 0.25) is 5.02 Å². The first-order valence-electron chi connectivity index (χ1n) is 13.4. The molecule has 3 aromatic rings. The van der Waals surface area contributed by atoms with E-state index in [0.29, 0.717) is 64.7 Å². The molecule has 2 aliphatic heterocycles. The van der Waals surface area contributed by atoms with Crippen molar-refractivity contribution in [3.8, 4) is 11.3 Å². The van der Waals surface area contributed by atoms with Gasteiger partial charge in [0.1, 0.15) is 0 Å². The van der Waals surface area contributed by atoms with E-state index in [1.807, 2.05) is 19.9 Å². The molecule has 0 unspecified atom stereocenters. The number of pyridine rings is 1. The highest BCUT2D eigenvalue weighted by Crippen LogP contribution is 2.32. The van der Waals surface area contributed by atoms with Gasteiger partial charge in [-0.3, -0.25) is 9.69 Å². The zero-order chi connectivity index (χ0) is 27.9. The molecule has 2 fully saturated rings. The summed E-state index contributed by atoms with van der Waals surface area (Å²) in [5.74, 6) is -2.40. The van der Waals surface area contributed by atoms with Crippen molar-refractivity contribution >= 4 is 28.5 Å². The fourth-order valence-electron chi connectivity index (χ4n) is 5.60. The van der Waals surface area contributed by atoms with E-state index in [4.69, 9.17) is 16.3 Å². The molecule has 5 rings (SSSR count). The van der Waals surface area contributed by atoms with E-state index >= 15 is 0 Å². The first-order valence-corrected chi connectivity index (χ1v) is 13.7. The molecule has 0 saturated carbocycles. The SMILES string of the molecule is Cc1c(CN2CCCC(F)(F)C2)n(C(C)C)c2cc(-c3nc(N[C@@H]4CCOC[C@H]4O)ncc3Cl)ccc2c1=O. The van der Waals surface area contributed by atoms with Crippen LogP contribution in [0, 0.1) is 6.92 Å². The Labute approximate surface area is 231 Å². The van der Waals surface area contributed by atoms with E-state index in [1.54, 1.807) is 24.0 Å². The summed E-state index contributed by atoms with van der Waals surface area (Å²) in [6, 6.07) is 5.18. The molecular weight excluding hydrogens is 528 g/mol. The third-order valence-corrected chi connectivity index (χ3v) is 7.86. The third-order valence-electron chi connectivity index (χ3n) is 7.59. The molecule has 0 spiro atoms. The van der Waals surface area contributed by atoms with Crippen molar-refractivity contribution in [1.82, 2.24) is 19.4 Å². The Balaban J connectivity index is 1.57. The fraction of sp³-hybridized carbons (Fsp3) is 0.536. The number of rotatable bonds is 6. The number of aliphatic hydroxyl groups is 1. The molecule has 4 heterocycles. The number of hydrogen-bond donors (Lipinski definition) is 2. The fourth-order valence-corrected chi connectivity index (χ4v) is 5.80. The monoisotopic (exact) mass is 561 g/mol. The van der Waals surface area contributed by atoms with Gasteiger partial charge < -0.3 is 19.7 Å². The maximum atomic E-state index is 14.2. The number of ether oxygens (including phenoxy) is 1. The van der Waals surface area contributed by atoms with Gasteiger partial charge in [0.05, 0.1) is 47.7 Å². The molecule has 210 valence electrons. The number of likely N-dealkylation sites (tertiary alicyclic amines) is 1. The van der Waals surface area contributed by atoms with Crippen LogP contribution < -0.4 is 10.7 Å². The summed E-state index contributed by atoms with van der Waals surface area (Å²) in [7, 11) is 0. The highest BCUT2D eigenvalue weighted by atomic mass is 35.5. The van der Waals surface area contributed by atoms with Gasteiger partial charge in [-0.05, 0) is 52.3 Å². The zero-order valence-corrected chi connectivity index (χ0v) is 23.1. The highest BCUT2D eigenvalue weighted by molar-refractivity contribution is 6.33. The second-order valence-electron chi connectivity index (χ2n) is 10.8. The predicted molar refractivity (Wildman–Crippen MR) is 148 cm³/mol. The molecule has 2 N–H and O–H groups in total. The lowest BCUT2D eigenvalue weighted by Gasteiger charge is -2.34. The number of nitrogens with one attached hydrogen (secondary N) is 1. The molecule has 0 amide bonds. The number of hydrogen-bond acceptors (Lipinski definition) is 7. The molecule has 2 atom stereocenters. The number of fused-ring (bicyclic) bond motifs is 1. The van der Waals surface area contributed by atoms with Crippen molar-refractivity contribution in [1.29, 1.82) is 0 Å². The lowest BCUT2D eigenvalue weighted by Crippen LogP contribution is -2.43. The molecule has 2 saturated heterocycles. The molecule has 11 heteroatoms. The number of alkyl halides is 2. The molecule has 2 aliphatic rings. The van der Waals surface area contributed by atoms with Gasteiger partial charge in [-0.1, -0.05) is 17.7 Å². The van der Waals surface area contributed by atoms with Crippen molar-refractivity contribution in [2.24, 2.45) is 0 Å². The first-order chi connectivity index (χ1) is 18.5. The van der Waals surface area contributed by atoms with Gasteiger partial charge in [0.15, 0.2) is 5.43 Å². The Hall–Kier alpha value is -2.66. The maximum absolute atomic E-state index is 14.2. The quantitative estimate of drug-likeness (QED) is 0.447. The lowest BCUT2D eigenvalue weighted by molar-refractivity contribution is -0.0666. The standard InChI is InChI=1S/C28H34ClF2N5O3/c1-16(2)36-22-11-18(25-20(29)12-32-27(34-25)33-21-7-10-39-14-24(21)37)5-6-19(22)26(38)17(3)23(36)13-35-9-4-8-28(30,31)15-35/h5-6,11-12,16,21,24,37H,4,7-10,13-15H2,1-3H3,(H,32,33,34)/t21-,24-/m1/s1. The normalized spacial score (nSPS) is 21.9. The van der Waals surface area contributed by atoms with Crippen molar-refractivity contribution < 1.29 is 18.6 Å². The molecule has 0 radical (unpaired) electrons. The largest absolute Gasteiger partial charge is 0.389 e. The number of aromatic nitrogens is 3. The number of piperidine rings is 1. The van der Waals surface area contributed by atoms with Crippen molar-refractivity contribution in [2.45, 2.75) is 70.7 Å². The van der Waals surface area contributed by atoms with E-state index in [2.05, 4.69) is 19.9 Å². The number of aliphatic hydroxyl groups excluding tert-OH is 1. The van der Waals surface area contributed by atoms with E-state index < -0.39 is 12.0 Å². The minimum Gasteiger partial charge on any atom is -0.389 e. The summed E-state index contributed by atoms with van der Waals surface area (Å²) >= 11 is 6.53. The molecule has 39 heavy (non-hydrogen) atoms. The van der Waals surface area contributed by atoms with Crippen LogP contribution in [0.1, 0.15) is 50.4 Å². The molecular formula is C28H34ClF2N5O3. The lowest BCUT2D eigenvalue weighted by atomic mass is 10.0. The van der Waals surface area contributed by atoms with E-state index in [0.717, 1.165) is 5.69 Å². The third kappa shape index (κ3) is 5.79. The van der Waals surface area contributed by atoms with Gasteiger partial charge in [-0.2, -0.15) is 0 Å². The van der Waals surface area contributed by atoms with Crippen molar-refractivity contribution in [3.63, 3.8) is 0 Å². The van der Waals surface area contributed by atoms with Crippen LogP contribution in [-0.4, -0.2) is 68.9 Å². The predicted octanol–water partition coefficient (Wildman–Crippen LogP) is 4.79. The van der Waals surface area contributed by atoms with Crippen LogP contribution in [0.15, 0.2) is 29.2 Å². The first kappa shape index (κ1) is 27.9. The zero-order valence-electron chi connectivity index (χ0n) is 22.4. The topological polar surface area (TPSA) is 92.5 Å². The summed E-state index contributed by atoms with van der Waals surface area (Å²) < 4.78 is 35.7. The minimum absolute atomic E-state index is 0.0320.